The summed E-state index contributed by atoms with van der Waals surface area (Å²) in [6, 6.07) is 6.30. The average Bonchev–Trinajstić information content (AvgIpc) is 2.26. The summed E-state index contributed by atoms with van der Waals surface area (Å²) in [6.07, 6.45) is 2.19. The zero-order valence-corrected chi connectivity index (χ0v) is 8.94. The predicted octanol–water partition coefficient (Wildman–Crippen LogP) is 1.75. The van der Waals surface area contributed by atoms with Crippen molar-refractivity contribution in [3.05, 3.63) is 29.8 Å². The van der Waals surface area contributed by atoms with E-state index < -0.39 is 11.9 Å². The average molecular weight is 218 g/mol. The van der Waals surface area contributed by atoms with Crippen molar-refractivity contribution in [2.24, 2.45) is 0 Å². The molecule has 4 heteroatoms. The summed E-state index contributed by atoms with van der Waals surface area (Å²) >= 11 is 0. The Morgan fingerprint density at radius 1 is 1.25 bits per heavy atom. The Morgan fingerprint density at radius 2 is 1.94 bits per heavy atom. The molecule has 0 fully saturated rings. The Balaban J connectivity index is 2.96. The molecule has 0 amide bonds. The largest absolute Gasteiger partial charge is 0.426 e. The third-order valence-corrected chi connectivity index (χ3v) is 1.61. The molecule has 1 aromatic rings. The van der Waals surface area contributed by atoms with Gasteiger partial charge in [-0.15, -0.1) is 0 Å². The minimum Gasteiger partial charge on any atom is -0.426 e. The Hall–Kier alpha value is -2.28. The maximum atomic E-state index is 11.5. The van der Waals surface area contributed by atoms with Gasteiger partial charge in [0.15, 0.2) is 0 Å². The van der Waals surface area contributed by atoms with Gasteiger partial charge in [-0.3, -0.25) is 4.79 Å². The third kappa shape index (κ3) is 3.14. The van der Waals surface area contributed by atoms with E-state index in [2.05, 4.69) is 16.8 Å². The summed E-state index contributed by atoms with van der Waals surface area (Å²) in [5.74, 6) is 1.45. The molecule has 0 atom stereocenters. The number of benzene rings is 1. The molecule has 0 aliphatic rings. The number of para-hydroxylation sites is 1. The molecule has 0 saturated heterocycles. The SMILES string of the molecule is CC#COC(=O)c1ccccc1OC(C)=O. The van der Waals surface area contributed by atoms with Gasteiger partial charge in [-0.1, -0.05) is 18.1 Å². The lowest BCUT2D eigenvalue weighted by Gasteiger charge is -2.05. The maximum absolute atomic E-state index is 11.5. The molecular formula is C12H10O4. The summed E-state index contributed by atoms with van der Waals surface area (Å²) in [4.78, 5) is 22.3. The van der Waals surface area contributed by atoms with Crippen molar-refractivity contribution in [2.75, 3.05) is 0 Å². The highest BCUT2D eigenvalue weighted by molar-refractivity contribution is 5.93. The van der Waals surface area contributed by atoms with Gasteiger partial charge in [0.05, 0.1) is 0 Å². The van der Waals surface area contributed by atoms with Crippen LogP contribution in [0.4, 0.5) is 0 Å². The highest BCUT2D eigenvalue weighted by Crippen LogP contribution is 2.18. The van der Waals surface area contributed by atoms with Gasteiger partial charge in [-0.25, -0.2) is 4.79 Å². The second kappa shape index (κ2) is 5.56. The molecule has 16 heavy (non-hydrogen) atoms. The van der Waals surface area contributed by atoms with E-state index >= 15 is 0 Å². The second-order valence-electron chi connectivity index (χ2n) is 2.83. The quantitative estimate of drug-likeness (QED) is 0.431. The van der Waals surface area contributed by atoms with Crippen molar-refractivity contribution in [2.45, 2.75) is 13.8 Å². The maximum Gasteiger partial charge on any atom is 0.355 e. The first-order valence-electron chi connectivity index (χ1n) is 4.55. The molecule has 0 unspecified atom stereocenters. The Kier molecular flexibility index (Phi) is 4.10. The van der Waals surface area contributed by atoms with Crippen LogP contribution in [0.25, 0.3) is 0 Å². The van der Waals surface area contributed by atoms with E-state index in [-0.39, 0.29) is 11.3 Å². The van der Waals surface area contributed by atoms with Gasteiger partial charge in [0.1, 0.15) is 17.4 Å². The van der Waals surface area contributed by atoms with Crippen LogP contribution in [0.15, 0.2) is 24.3 Å². The summed E-state index contributed by atoms with van der Waals surface area (Å²) < 4.78 is 9.47. The molecule has 1 aromatic carbocycles. The van der Waals surface area contributed by atoms with Crippen LogP contribution in [0.3, 0.4) is 0 Å². The molecule has 0 bridgehead atoms. The van der Waals surface area contributed by atoms with Crippen molar-refractivity contribution < 1.29 is 19.1 Å². The van der Waals surface area contributed by atoms with Crippen LogP contribution in [-0.4, -0.2) is 11.9 Å². The number of hydrogen-bond acceptors (Lipinski definition) is 4. The molecule has 0 aliphatic heterocycles. The van der Waals surface area contributed by atoms with Crippen LogP contribution in [0.1, 0.15) is 24.2 Å². The molecule has 0 saturated carbocycles. The van der Waals surface area contributed by atoms with Crippen molar-refractivity contribution in [1.29, 1.82) is 0 Å². The van der Waals surface area contributed by atoms with E-state index in [9.17, 15) is 9.59 Å². The number of hydrogen-bond donors (Lipinski definition) is 0. The van der Waals surface area contributed by atoms with Gasteiger partial charge in [0.2, 0.25) is 0 Å². The van der Waals surface area contributed by atoms with Gasteiger partial charge >= 0.3 is 11.9 Å². The monoisotopic (exact) mass is 218 g/mol. The second-order valence-corrected chi connectivity index (χ2v) is 2.83. The van der Waals surface area contributed by atoms with Gasteiger partial charge in [-0.05, 0) is 12.1 Å². The molecule has 4 nitrogen and oxygen atoms in total. The van der Waals surface area contributed by atoms with Crippen LogP contribution in [0, 0.1) is 12.0 Å². The highest BCUT2D eigenvalue weighted by atomic mass is 16.5. The van der Waals surface area contributed by atoms with Crippen LogP contribution in [0.2, 0.25) is 0 Å². The first-order chi connectivity index (χ1) is 7.65. The van der Waals surface area contributed by atoms with E-state index in [0.717, 1.165) is 0 Å². The van der Waals surface area contributed by atoms with Crippen molar-refractivity contribution in [1.82, 2.24) is 0 Å². The van der Waals surface area contributed by atoms with Crippen molar-refractivity contribution in [3.8, 4) is 17.8 Å². The first-order valence-corrected chi connectivity index (χ1v) is 4.55. The highest BCUT2D eigenvalue weighted by Gasteiger charge is 2.14. The van der Waals surface area contributed by atoms with Crippen molar-refractivity contribution >= 4 is 11.9 Å². The lowest BCUT2D eigenvalue weighted by atomic mass is 10.2. The fourth-order valence-electron chi connectivity index (χ4n) is 1.03. The normalized spacial score (nSPS) is 8.62. The zero-order valence-electron chi connectivity index (χ0n) is 8.94. The topological polar surface area (TPSA) is 52.6 Å². The minimum absolute atomic E-state index is 0.165. The van der Waals surface area contributed by atoms with Crippen molar-refractivity contribution in [3.63, 3.8) is 0 Å². The summed E-state index contributed by atoms with van der Waals surface area (Å²) in [5.41, 5.74) is 0.167. The molecule has 82 valence electrons. The fraction of sp³-hybridized carbons (Fsp3) is 0.167. The van der Waals surface area contributed by atoms with Gasteiger partial charge in [0, 0.05) is 13.8 Å². The Labute approximate surface area is 93.2 Å². The van der Waals surface area contributed by atoms with E-state index in [0.29, 0.717) is 0 Å². The van der Waals surface area contributed by atoms with E-state index in [1.165, 1.54) is 19.1 Å². The Morgan fingerprint density at radius 3 is 2.56 bits per heavy atom. The van der Waals surface area contributed by atoms with Crippen LogP contribution < -0.4 is 4.74 Å². The summed E-state index contributed by atoms with van der Waals surface area (Å²) in [6.45, 7) is 2.80. The van der Waals surface area contributed by atoms with Gasteiger partial charge < -0.3 is 9.47 Å². The van der Waals surface area contributed by atoms with Gasteiger partial charge in [0.25, 0.3) is 0 Å². The van der Waals surface area contributed by atoms with E-state index in [1.807, 2.05) is 0 Å². The van der Waals surface area contributed by atoms with E-state index in [1.54, 1.807) is 19.1 Å². The molecular weight excluding hydrogens is 208 g/mol. The molecule has 0 spiro atoms. The number of ether oxygens (including phenoxy) is 2. The lowest BCUT2D eigenvalue weighted by Crippen LogP contribution is -2.08. The first kappa shape index (κ1) is 11.8. The Bertz CT molecular complexity index is 465. The fourth-order valence-corrected chi connectivity index (χ4v) is 1.03. The molecule has 0 aliphatic carbocycles. The third-order valence-electron chi connectivity index (χ3n) is 1.61. The number of rotatable bonds is 2. The van der Waals surface area contributed by atoms with Crippen LogP contribution >= 0.6 is 0 Å². The molecule has 0 radical (unpaired) electrons. The zero-order chi connectivity index (χ0) is 12.0. The number of carbonyl (C=O) groups excluding carboxylic acids is 2. The lowest BCUT2D eigenvalue weighted by molar-refractivity contribution is -0.131. The van der Waals surface area contributed by atoms with Crippen LogP contribution in [-0.2, 0) is 9.53 Å². The van der Waals surface area contributed by atoms with E-state index in [4.69, 9.17) is 4.74 Å². The minimum atomic E-state index is -0.647. The standard InChI is InChI=1S/C12H10O4/c1-3-8-15-12(14)10-6-4-5-7-11(10)16-9(2)13/h4-7H,1-2H3. The summed E-state index contributed by atoms with van der Waals surface area (Å²) in [7, 11) is 0. The van der Waals surface area contributed by atoms with Crippen LogP contribution in [0.5, 0.6) is 5.75 Å². The van der Waals surface area contributed by atoms with Gasteiger partial charge in [-0.2, -0.15) is 0 Å². The molecule has 1 rings (SSSR count). The predicted molar refractivity (Wildman–Crippen MR) is 56.6 cm³/mol. The molecule has 0 aromatic heterocycles. The smallest absolute Gasteiger partial charge is 0.355 e. The molecule has 0 N–H and O–H groups in total. The molecule has 0 heterocycles. The number of carbonyl (C=O) groups is 2. The number of esters is 2. The summed E-state index contributed by atoms with van der Waals surface area (Å²) in [5, 5.41) is 0.